The number of aromatic nitrogens is 4. The summed E-state index contributed by atoms with van der Waals surface area (Å²) < 4.78 is 1.60. The van der Waals surface area contributed by atoms with E-state index in [9.17, 15) is 9.59 Å². The molecule has 0 amide bonds. The standard InChI is InChI=1S/C23H15ClN4O2S/c24-14-10-11-16-19(12-14)26-23(27-21(16)29)31-13-20-25-18-9-5-4-8-17(18)22(30)28(20)15-6-2-1-3-7-15/h1-12H,13H2,(H,26,27,29). The first kappa shape index (κ1) is 19.5. The second-order valence-corrected chi connectivity index (χ2v) is 8.24. The molecule has 5 rings (SSSR count). The Morgan fingerprint density at radius 2 is 1.65 bits per heavy atom. The second kappa shape index (κ2) is 8.02. The van der Waals surface area contributed by atoms with Crippen molar-refractivity contribution < 1.29 is 0 Å². The molecule has 5 aromatic rings. The molecule has 3 aromatic carbocycles. The van der Waals surface area contributed by atoms with E-state index in [0.717, 1.165) is 5.69 Å². The fourth-order valence-corrected chi connectivity index (χ4v) is 4.36. The number of fused-ring (bicyclic) bond motifs is 2. The number of aromatic amines is 1. The van der Waals surface area contributed by atoms with Crippen LogP contribution in [0, 0.1) is 0 Å². The van der Waals surface area contributed by atoms with Crippen LogP contribution in [-0.2, 0) is 5.75 Å². The van der Waals surface area contributed by atoms with Crippen molar-refractivity contribution >= 4 is 45.2 Å². The fourth-order valence-electron chi connectivity index (χ4n) is 3.41. The topological polar surface area (TPSA) is 80.6 Å². The molecule has 0 radical (unpaired) electrons. The van der Waals surface area contributed by atoms with Crippen LogP contribution in [-0.4, -0.2) is 19.5 Å². The SMILES string of the molecule is O=c1[nH]c(SCc2nc3ccccc3c(=O)n2-c2ccccc2)nc2cc(Cl)ccc12. The number of benzene rings is 3. The average molecular weight is 447 g/mol. The summed E-state index contributed by atoms with van der Waals surface area (Å²) in [6.45, 7) is 0. The van der Waals surface area contributed by atoms with Crippen LogP contribution in [0.3, 0.4) is 0 Å². The Bertz CT molecular complexity index is 1550. The summed E-state index contributed by atoms with van der Waals surface area (Å²) in [6, 6.07) is 21.6. The van der Waals surface area contributed by atoms with Crippen LogP contribution in [0.1, 0.15) is 5.82 Å². The van der Waals surface area contributed by atoms with Gasteiger partial charge in [-0.15, -0.1) is 0 Å². The van der Waals surface area contributed by atoms with Crippen molar-refractivity contribution in [3.05, 3.63) is 104 Å². The van der Waals surface area contributed by atoms with E-state index in [0.29, 0.717) is 43.6 Å². The minimum Gasteiger partial charge on any atom is -0.301 e. The van der Waals surface area contributed by atoms with Crippen LogP contribution in [0.5, 0.6) is 0 Å². The van der Waals surface area contributed by atoms with E-state index in [2.05, 4.69) is 9.97 Å². The maximum Gasteiger partial charge on any atom is 0.265 e. The van der Waals surface area contributed by atoms with Gasteiger partial charge in [0.25, 0.3) is 11.1 Å². The largest absolute Gasteiger partial charge is 0.301 e. The number of rotatable bonds is 4. The Morgan fingerprint density at radius 1 is 0.871 bits per heavy atom. The lowest BCUT2D eigenvalue weighted by Gasteiger charge is -2.13. The van der Waals surface area contributed by atoms with E-state index < -0.39 is 0 Å². The Labute approximate surface area is 185 Å². The molecule has 2 heterocycles. The van der Waals surface area contributed by atoms with E-state index in [-0.39, 0.29) is 11.1 Å². The maximum absolute atomic E-state index is 13.3. The van der Waals surface area contributed by atoms with Crippen molar-refractivity contribution in [3.63, 3.8) is 0 Å². The zero-order valence-electron chi connectivity index (χ0n) is 16.1. The van der Waals surface area contributed by atoms with Crippen molar-refractivity contribution in [2.45, 2.75) is 10.9 Å². The summed E-state index contributed by atoms with van der Waals surface area (Å²) in [5.74, 6) is 0.901. The first-order chi connectivity index (χ1) is 15.1. The third-order valence-electron chi connectivity index (χ3n) is 4.84. The molecule has 8 heteroatoms. The number of nitrogens with zero attached hydrogens (tertiary/aromatic N) is 3. The molecule has 0 saturated heterocycles. The minimum absolute atomic E-state index is 0.140. The molecule has 0 atom stereocenters. The number of para-hydroxylation sites is 2. The number of hydrogen-bond donors (Lipinski definition) is 1. The molecule has 1 N–H and O–H groups in total. The fraction of sp³-hybridized carbons (Fsp3) is 0.0435. The summed E-state index contributed by atoms with van der Waals surface area (Å²) >= 11 is 7.35. The van der Waals surface area contributed by atoms with Gasteiger partial charge in [0.1, 0.15) is 5.82 Å². The number of nitrogens with one attached hydrogen (secondary N) is 1. The minimum atomic E-state index is -0.240. The van der Waals surface area contributed by atoms with Crippen LogP contribution in [0.15, 0.2) is 87.5 Å². The zero-order chi connectivity index (χ0) is 21.4. The first-order valence-electron chi connectivity index (χ1n) is 9.48. The van der Waals surface area contributed by atoms with Crippen LogP contribution in [0.2, 0.25) is 5.02 Å². The molecule has 0 aliphatic rings. The monoisotopic (exact) mass is 446 g/mol. The lowest BCUT2D eigenvalue weighted by Crippen LogP contribution is -2.23. The predicted molar refractivity (Wildman–Crippen MR) is 124 cm³/mol. The van der Waals surface area contributed by atoms with Gasteiger partial charge in [-0.25, -0.2) is 9.97 Å². The first-order valence-corrected chi connectivity index (χ1v) is 10.8. The van der Waals surface area contributed by atoms with E-state index in [1.807, 2.05) is 48.5 Å². The average Bonchev–Trinajstić information content (AvgIpc) is 2.78. The molecule has 0 unspecified atom stereocenters. The van der Waals surface area contributed by atoms with E-state index in [1.165, 1.54) is 11.8 Å². The summed E-state index contributed by atoms with van der Waals surface area (Å²) in [7, 11) is 0. The molecule has 0 aliphatic heterocycles. The highest BCUT2D eigenvalue weighted by molar-refractivity contribution is 7.98. The highest BCUT2D eigenvalue weighted by Crippen LogP contribution is 2.22. The summed E-state index contributed by atoms with van der Waals surface area (Å²) in [5.41, 5.74) is 1.50. The van der Waals surface area contributed by atoms with Gasteiger partial charge in [0.05, 0.1) is 33.2 Å². The number of halogens is 1. The second-order valence-electron chi connectivity index (χ2n) is 6.84. The summed E-state index contributed by atoms with van der Waals surface area (Å²) in [5, 5.41) is 1.96. The van der Waals surface area contributed by atoms with Gasteiger partial charge in [-0.2, -0.15) is 0 Å². The van der Waals surface area contributed by atoms with Crippen molar-refractivity contribution in [3.8, 4) is 5.69 Å². The molecule has 0 bridgehead atoms. The van der Waals surface area contributed by atoms with E-state index in [4.69, 9.17) is 16.6 Å². The van der Waals surface area contributed by atoms with Gasteiger partial charge in [0.15, 0.2) is 5.16 Å². The lowest BCUT2D eigenvalue weighted by molar-refractivity contribution is 0.880. The highest BCUT2D eigenvalue weighted by atomic mass is 35.5. The number of thioether (sulfide) groups is 1. The van der Waals surface area contributed by atoms with Gasteiger partial charge in [0, 0.05) is 5.02 Å². The van der Waals surface area contributed by atoms with Crippen LogP contribution >= 0.6 is 23.4 Å². The predicted octanol–water partition coefficient (Wildman–Crippen LogP) is 4.57. The van der Waals surface area contributed by atoms with Gasteiger partial charge < -0.3 is 4.98 Å². The Hall–Kier alpha value is -3.42. The Kier molecular flexibility index (Phi) is 5.05. The van der Waals surface area contributed by atoms with Gasteiger partial charge in [-0.05, 0) is 42.5 Å². The Balaban J connectivity index is 1.60. The molecule has 0 spiro atoms. The molecular formula is C23H15ClN4O2S. The third kappa shape index (κ3) is 3.73. The van der Waals surface area contributed by atoms with Crippen LogP contribution in [0.25, 0.3) is 27.5 Å². The molecule has 0 saturated carbocycles. The maximum atomic E-state index is 13.3. The van der Waals surface area contributed by atoms with Gasteiger partial charge in [0.2, 0.25) is 0 Å². The number of H-pyrrole nitrogens is 1. The van der Waals surface area contributed by atoms with Gasteiger partial charge in [-0.1, -0.05) is 53.7 Å². The molecule has 152 valence electrons. The van der Waals surface area contributed by atoms with Crippen molar-refractivity contribution in [1.29, 1.82) is 0 Å². The molecule has 0 fully saturated rings. The Morgan fingerprint density at radius 3 is 2.48 bits per heavy atom. The van der Waals surface area contributed by atoms with Crippen molar-refractivity contribution in [2.24, 2.45) is 0 Å². The smallest absolute Gasteiger partial charge is 0.265 e. The zero-order valence-corrected chi connectivity index (χ0v) is 17.7. The molecule has 0 aliphatic carbocycles. The number of hydrogen-bond acceptors (Lipinski definition) is 5. The van der Waals surface area contributed by atoms with Crippen molar-refractivity contribution in [2.75, 3.05) is 0 Å². The lowest BCUT2D eigenvalue weighted by atomic mass is 10.2. The molecule has 2 aromatic heterocycles. The van der Waals surface area contributed by atoms with Crippen LogP contribution < -0.4 is 11.1 Å². The van der Waals surface area contributed by atoms with Gasteiger partial charge >= 0.3 is 0 Å². The van der Waals surface area contributed by atoms with E-state index in [1.54, 1.807) is 28.8 Å². The quantitative estimate of drug-likeness (QED) is 0.323. The molecule has 31 heavy (non-hydrogen) atoms. The normalized spacial score (nSPS) is 11.3. The van der Waals surface area contributed by atoms with Crippen molar-refractivity contribution in [1.82, 2.24) is 19.5 Å². The molecule has 6 nitrogen and oxygen atoms in total. The highest BCUT2D eigenvalue weighted by Gasteiger charge is 2.14. The van der Waals surface area contributed by atoms with E-state index >= 15 is 0 Å². The summed E-state index contributed by atoms with van der Waals surface area (Å²) in [4.78, 5) is 37.7. The summed E-state index contributed by atoms with van der Waals surface area (Å²) in [6.07, 6.45) is 0. The van der Waals surface area contributed by atoms with Crippen LogP contribution in [0.4, 0.5) is 0 Å². The van der Waals surface area contributed by atoms with Gasteiger partial charge in [-0.3, -0.25) is 14.2 Å². The third-order valence-corrected chi connectivity index (χ3v) is 5.95. The molecular weight excluding hydrogens is 432 g/mol.